The van der Waals surface area contributed by atoms with Crippen LogP contribution < -0.4 is 14.9 Å². The van der Waals surface area contributed by atoms with E-state index in [0.29, 0.717) is 45.1 Å². The number of amides is 2. The van der Waals surface area contributed by atoms with Crippen LogP contribution in [0, 0.1) is 33.7 Å². The Morgan fingerprint density at radius 2 is 1.79 bits per heavy atom. The molecule has 6 nitrogen and oxygen atoms in total. The van der Waals surface area contributed by atoms with Gasteiger partial charge in [0.05, 0.1) is 21.0 Å². The zero-order chi connectivity index (χ0) is 27.3. The van der Waals surface area contributed by atoms with Crippen molar-refractivity contribution in [2.45, 2.75) is 52.1 Å². The molecular formula is C30H31IN2O4S2. The van der Waals surface area contributed by atoms with Gasteiger partial charge in [0, 0.05) is 0 Å². The van der Waals surface area contributed by atoms with Crippen molar-refractivity contribution in [2.75, 3.05) is 7.11 Å². The largest absolute Gasteiger partial charge is 0.493 e. The first-order chi connectivity index (χ1) is 18.7. The number of rotatable bonds is 7. The van der Waals surface area contributed by atoms with Gasteiger partial charge in [-0.2, -0.15) is 5.01 Å². The predicted octanol–water partition coefficient (Wildman–Crippen LogP) is 6.64. The molecule has 5 fully saturated rings. The first-order valence-corrected chi connectivity index (χ1v) is 15.7. The van der Waals surface area contributed by atoms with Crippen molar-refractivity contribution in [3.8, 4) is 11.5 Å². The normalized spacial score (nSPS) is 28.3. The van der Waals surface area contributed by atoms with Crippen LogP contribution in [0.3, 0.4) is 0 Å². The van der Waals surface area contributed by atoms with Crippen molar-refractivity contribution in [3.63, 3.8) is 0 Å². The van der Waals surface area contributed by atoms with Crippen LogP contribution in [0.2, 0.25) is 0 Å². The van der Waals surface area contributed by atoms with Gasteiger partial charge >= 0.3 is 0 Å². The highest BCUT2D eigenvalue weighted by molar-refractivity contribution is 14.1. The smallest absolute Gasteiger partial charge is 0.285 e. The molecule has 0 unspecified atom stereocenters. The van der Waals surface area contributed by atoms with Crippen LogP contribution in [0.4, 0.5) is 0 Å². The number of benzene rings is 2. The Kier molecular flexibility index (Phi) is 7.43. The lowest BCUT2D eigenvalue weighted by molar-refractivity contribution is -0.152. The minimum Gasteiger partial charge on any atom is -0.493 e. The van der Waals surface area contributed by atoms with Gasteiger partial charge in [-0.25, -0.2) is 0 Å². The van der Waals surface area contributed by atoms with Gasteiger partial charge in [-0.05, 0) is 127 Å². The summed E-state index contributed by atoms with van der Waals surface area (Å²) in [6, 6.07) is 12.0. The van der Waals surface area contributed by atoms with Crippen molar-refractivity contribution >= 4 is 68.8 Å². The molecule has 4 bridgehead atoms. The molecule has 4 aliphatic carbocycles. The molecule has 2 aromatic rings. The van der Waals surface area contributed by atoms with E-state index in [4.69, 9.17) is 21.7 Å². The maximum Gasteiger partial charge on any atom is 0.285 e. The van der Waals surface area contributed by atoms with Gasteiger partial charge in [-0.3, -0.25) is 15.0 Å². The number of methoxy groups -OCH3 is 1. The second-order valence-corrected chi connectivity index (χ2v) is 14.3. The Hall–Kier alpha value is -2.11. The number of hydrazine groups is 1. The molecule has 9 heteroatoms. The third kappa shape index (κ3) is 5.34. The molecule has 39 heavy (non-hydrogen) atoms. The average Bonchev–Trinajstić information content (AvgIpc) is 3.15. The van der Waals surface area contributed by atoms with Gasteiger partial charge in [0.25, 0.3) is 5.91 Å². The highest BCUT2D eigenvalue weighted by Gasteiger charge is 2.55. The van der Waals surface area contributed by atoms with Crippen LogP contribution in [-0.2, 0) is 16.2 Å². The number of aryl methyl sites for hydroxylation is 1. The molecule has 0 spiro atoms. The third-order valence-electron chi connectivity index (χ3n) is 8.58. The Balaban J connectivity index is 1.16. The van der Waals surface area contributed by atoms with Crippen LogP contribution >= 0.6 is 46.6 Å². The topological polar surface area (TPSA) is 67.9 Å². The van der Waals surface area contributed by atoms with E-state index < -0.39 is 0 Å². The first kappa shape index (κ1) is 27.1. The Labute approximate surface area is 252 Å². The summed E-state index contributed by atoms with van der Waals surface area (Å²) in [6.45, 7) is 2.48. The summed E-state index contributed by atoms with van der Waals surface area (Å²) in [6.07, 6.45) is 8.38. The van der Waals surface area contributed by atoms with E-state index in [2.05, 4.69) is 47.1 Å². The molecule has 0 aromatic heterocycles. The Morgan fingerprint density at radius 3 is 2.41 bits per heavy atom. The zero-order valence-electron chi connectivity index (χ0n) is 22.0. The number of thioether (sulfide) groups is 1. The minimum atomic E-state index is -0.348. The first-order valence-electron chi connectivity index (χ1n) is 13.4. The summed E-state index contributed by atoms with van der Waals surface area (Å²) in [5.74, 6) is 2.86. The molecule has 1 N–H and O–H groups in total. The van der Waals surface area contributed by atoms with Crippen LogP contribution in [0.25, 0.3) is 6.08 Å². The van der Waals surface area contributed by atoms with Gasteiger partial charge in [-0.15, -0.1) is 0 Å². The zero-order valence-corrected chi connectivity index (χ0v) is 25.8. The van der Waals surface area contributed by atoms with Crippen LogP contribution in [0.15, 0.2) is 41.3 Å². The molecule has 1 aliphatic heterocycles. The molecule has 0 radical (unpaired) electrons. The molecule has 2 aromatic carbocycles. The SMILES string of the molecule is COc1cc(/C=C2\SC(=S)N(NC(=O)C34CC5CC(CC(C5)C3)C4)C2=O)cc(I)c1OCc1ccc(C)cc1. The molecule has 0 atom stereocenters. The van der Waals surface area contributed by atoms with E-state index in [0.717, 1.165) is 34.0 Å². The number of carbonyl (C=O) groups is 2. The summed E-state index contributed by atoms with van der Waals surface area (Å²) >= 11 is 8.95. The number of hydrogen-bond acceptors (Lipinski definition) is 6. The number of nitrogens with one attached hydrogen (secondary N) is 1. The summed E-state index contributed by atoms with van der Waals surface area (Å²) in [4.78, 5) is 27.3. The highest BCUT2D eigenvalue weighted by atomic mass is 127. The van der Waals surface area contributed by atoms with E-state index >= 15 is 0 Å². The number of carbonyl (C=O) groups excluding carboxylic acids is 2. The summed E-state index contributed by atoms with van der Waals surface area (Å²) < 4.78 is 13.0. The number of thiocarbonyl (C=S) groups is 1. The van der Waals surface area contributed by atoms with Crippen LogP contribution in [-0.4, -0.2) is 28.3 Å². The third-order valence-corrected chi connectivity index (χ3v) is 10.7. The van der Waals surface area contributed by atoms with Crippen LogP contribution in [0.1, 0.15) is 55.2 Å². The van der Waals surface area contributed by atoms with E-state index in [1.165, 1.54) is 41.6 Å². The van der Waals surface area contributed by atoms with E-state index in [-0.39, 0.29) is 17.2 Å². The summed E-state index contributed by atoms with van der Waals surface area (Å²) in [5, 5.41) is 1.27. The monoisotopic (exact) mass is 674 g/mol. The molecule has 1 saturated heterocycles. The van der Waals surface area contributed by atoms with Gasteiger partial charge < -0.3 is 9.47 Å². The van der Waals surface area contributed by atoms with Crippen molar-refractivity contribution in [1.29, 1.82) is 0 Å². The number of halogens is 1. The molecule has 4 saturated carbocycles. The molecule has 1 heterocycles. The second kappa shape index (κ2) is 10.7. The van der Waals surface area contributed by atoms with E-state index in [1.807, 2.05) is 24.3 Å². The summed E-state index contributed by atoms with van der Waals surface area (Å²) in [7, 11) is 1.60. The number of nitrogens with zero attached hydrogens (tertiary/aromatic N) is 1. The number of ether oxygens (including phenoxy) is 2. The van der Waals surface area contributed by atoms with E-state index in [9.17, 15) is 9.59 Å². The fraction of sp³-hybridized carbons (Fsp3) is 0.433. The van der Waals surface area contributed by atoms with Gasteiger partial charge in [0.2, 0.25) is 5.91 Å². The lowest BCUT2D eigenvalue weighted by atomic mass is 9.49. The lowest BCUT2D eigenvalue weighted by Gasteiger charge is -2.55. The predicted molar refractivity (Wildman–Crippen MR) is 165 cm³/mol. The number of hydrogen-bond donors (Lipinski definition) is 1. The van der Waals surface area contributed by atoms with Gasteiger partial charge in [-0.1, -0.05) is 41.6 Å². The molecular weight excluding hydrogens is 643 g/mol. The van der Waals surface area contributed by atoms with Gasteiger partial charge in [0.15, 0.2) is 15.8 Å². The van der Waals surface area contributed by atoms with Crippen molar-refractivity contribution < 1.29 is 19.1 Å². The Morgan fingerprint density at radius 1 is 1.15 bits per heavy atom. The summed E-state index contributed by atoms with van der Waals surface area (Å²) in [5.41, 5.74) is 5.65. The standard InChI is InChI=1S/C30H31IN2O4S2/c1-17-3-5-18(6-4-17)16-37-26-23(31)10-19(11-24(26)36-2)12-25-27(34)33(29(38)39-25)32-28(35)30-13-20-7-21(14-30)9-22(8-20)15-30/h3-6,10-12,20-22H,7-9,13-16H2,1-2H3,(H,32,35)/b25-12-. The maximum absolute atomic E-state index is 13.5. The van der Waals surface area contributed by atoms with Crippen molar-refractivity contribution in [3.05, 3.63) is 61.6 Å². The quantitative estimate of drug-likeness (QED) is 0.202. The molecule has 5 aliphatic rings. The molecule has 2 amide bonds. The second-order valence-electron chi connectivity index (χ2n) is 11.5. The van der Waals surface area contributed by atoms with Gasteiger partial charge in [0.1, 0.15) is 6.61 Å². The maximum atomic E-state index is 13.5. The fourth-order valence-corrected chi connectivity index (χ4v) is 9.09. The molecule has 7 rings (SSSR count). The highest BCUT2D eigenvalue weighted by Crippen LogP contribution is 2.60. The van der Waals surface area contributed by atoms with Crippen LogP contribution in [0.5, 0.6) is 11.5 Å². The van der Waals surface area contributed by atoms with Crippen molar-refractivity contribution in [2.24, 2.45) is 23.2 Å². The average molecular weight is 675 g/mol. The minimum absolute atomic E-state index is 0.0366. The fourth-order valence-electron chi connectivity index (χ4n) is 7.13. The lowest BCUT2D eigenvalue weighted by Crippen LogP contribution is -2.57. The van der Waals surface area contributed by atoms with E-state index in [1.54, 1.807) is 13.2 Å². The molecule has 204 valence electrons. The Bertz CT molecular complexity index is 1340. The van der Waals surface area contributed by atoms with Crippen molar-refractivity contribution in [1.82, 2.24) is 10.4 Å².